The van der Waals surface area contributed by atoms with Crippen molar-refractivity contribution >= 4 is 24.2 Å². The molecule has 0 saturated carbocycles. The maximum absolute atomic E-state index is 9.56. The normalized spacial score (nSPS) is 10.4. The first kappa shape index (κ1) is 17.9. The lowest BCUT2D eigenvalue weighted by Crippen LogP contribution is -2.22. The van der Waals surface area contributed by atoms with Gasteiger partial charge in [-0.2, -0.15) is 0 Å². The average molecular weight is 324 g/mol. The van der Waals surface area contributed by atoms with Crippen LogP contribution in [0.5, 0.6) is 5.75 Å². The number of hydrogen-bond acceptors (Lipinski definition) is 3. The zero-order valence-corrected chi connectivity index (χ0v) is 14.1. The number of halogens is 1. The quantitative estimate of drug-likeness (QED) is 0.825. The second-order valence-corrected chi connectivity index (χ2v) is 5.78. The van der Waals surface area contributed by atoms with Crippen molar-refractivity contribution in [3.8, 4) is 5.75 Å². The predicted molar refractivity (Wildman–Crippen MR) is 92.5 cm³/mol. The third-order valence-electron chi connectivity index (χ3n) is 3.31. The first-order valence-corrected chi connectivity index (χ1v) is 7.81. The topological polar surface area (TPSA) is 23.5 Å². The van der Waals surface area contributed by atoms with Crippen LogP contribution in [0.25, 0.3) is 0 Å². The van der Waals surface area contributed by atoms with Crippen LogP contribution in [0.15, 0.2) is 58.3 Å². The van der Waals surface area contributed by atoms with Crippen LogP contribution in [0.2, 0.25) is 0 Å². The van der Waals surface area contributed by atoms with E-state index < -0.39 is 0 Å². The Balaban J connectivity index is 0.00000220. The summed E-state index contributed by atoms with van der Waals surface area (Å²) in [5.41, 5.74) is 1.34. The minimum absolute atomic E-state index is 0. The molecule has 2 nitrogen and oxygen atoms in total. The van der Waals surface area contributed by atoms with Crippen molar-refractivity contribution < 1.29 is 5.11 Å². The number of rotatable bonds is 6. The summed E-state index contributed by atoms with van der Waals surface area (Å²) < 4.78 is 0. The van der Waals surface area contributed by atoms with Crippen LogP contribution in [0.4, 0.5) is 0 Å². The zero-order chi connectivity index (χ0) is 14.4. The highest BCUT2D eigenvalue weighted by Gasteiger charge is 2.07. The van der Waals surface area contributed by atoms with Gasteiger partial charge in [0.2, 0.25) is 0 Å². The molecule has 114 valence electrons. The third kappa shape index (κ3) is 5.27. The minimum Gasteiger partial charge on any atom is -0.508 e. The molecule has 0 radical (unpaired) electrons. The molecule has 0 saturated heterocycles. The summed E-state index contributed by atoms with van der Waals surface area (Å²) in [6, 6.07) is 15.9. The van der Waals surface area contributed by atoms with Crippen molar-refractivity contribution in [3.05, 3.63) is 54.1 Å². The van der Waals surface area contributed by atoms with Crippen molar-refractivity contribution in [1.82, 2.24) is 4.90 Å². The molecule has 0 aromatic heterocycles. The molecule has 0 bridgehead atoms. The van der Waals surface area contributed by atoms with E-state index in [0.29, 0.717) is 5.75 Å². The molecule has 0 aliphatic rings. The minimum atomic E-state index is 0. The van der Waals surface area contributed by atoms with Crippen molar-refractivity contribution in [1.29, 1.82) is 0 Å². The van der Waals surface area contributed by atoms with Crippen LogP contribution in [-0.2, 0) is 6.54 Å². The van der Waals surface area contributed by atoms with Gasteiger partial charge in [0.25, 0.3) is 0 Å². The largest absolute Gasteiger partial charge is 0.508 e. The number of aromatic hydroxyl groups is 1. The summed E-state index contributed by atoms with van der Waals surface area (Å²) in [6.07, 6.45) is 0. The van der Waals surface area contributed by atoms with Crippen molar-refractivity contribution in [2.75, 3.05) is 13.1 Å². The molecule has 0 unspecified atom stereocenters. The van der Waals surface area contributed by atoms with Gasteiger partial charge in [0, 0.05) is 16.3 Å². The Bertz CT molecular complexity index is 558. The van der Waals surface area contributed by atoms with E-state index in [9.17, 15) is 5.11 Å². The number of benzene rings is 2. The van der Waals surface area contributed by atoms with Gasteiger partial charge in [-0.15, -0.1) is 12.4 Å². The van der Waals surface area contributed by atoms with E-state index in [4.69, 9.17) is 0 Å². The van der Waals surface area contributed by atoms with Gasteiger partial charge in [-0.3, -0.25) is 4.90 Å². The van der Waals surface area contributed by atoms with Crippen LogP contribution in [0.1, 0.15) is 19.4 Å². The smallest absolute Gasteiger partial charge is 0.116 e. The first-order chi connectivity index (χ1) is 9.72. The van der Waals surface area contributed by atoms with Crippen LogP contribution in [-0.4, -0.2) is 23.1 Å². The monoisotopic (exact) mass is 323 g/mol. The molecule has 2 aromatic carbocycles. The Labute approximate surface area is 137 Å². The molecule has 0 fully saturated rings. The third-order valence-corrected chi connectivity index (χ3v) is 4.41. The highest BCUT2D eigenvalue weighted by molar-refractivity contribution is 7.99. The van der Waals surface area contributed by atoms with Gasteiger partial charge in [-0.05, 0) is 42.9 Å². The Hall–Kier alpha value is -1.16. The summed E-state index contributed by atoms with van der Waals surface area (Å²) in [4.78, 5) is 4.73. The summed E-state index contributed by atoms with van der Waals surface area (Å²) in [7, 11) is 0. The van der Waals surface area contributed by atoms with Crippen molar-refractivity contribution in [3.63, 3.8) is 0 Å². The summed E-state index contributed by atoms with van der Waals surface area (Å²) in [6.45, 7) is 7.46. The fraction of sp³-hybridized carbons (Fsp3) is 0.294. The van der Waals surface area contributed by atoms with E-state index in [1.165, 1.54) is 10.5 Å². The SMILES string of the molecule is CCN(CC)Cc1ccccc1Sc1cccc(O)c1.Cl. The number of phenolic OH excluding ortho intramolecular Hbond substituents is 1. The van der Waals surface area contributed by atoms with E-state index in [1.807, 2.05) is 12.1 Å². The van der Waals surface area contributed by atoms with E-state index in [1.54, 1.807) is 23.9 Å². The van der Waals surface area contributed by atoms with E-state index in [2.05, 4.69) is 43.0 Å². The molecule has 0 heterocycles. The molecule has 2 aromatic rings. The number of nitrogens with zero attached hydrogens (tertiary/aromatic N) is 1. The first-order valence-electron chi connectivity index (χ1n) is 7.00. The summed E-state index contributed by atoms with van der Waals surface area (Å²) in [5, 5.41) is 9.56. The molecule has 0 amide bonds. The second-order valence-electron chi connectivity index (χ2n) is 4.67. The maximum atomic E-state index is 9.56. The molecule has 0 aliphatic heterocycles. The predicted octanol–water partition coefficient (Wildman–Crippen LogP) is 4.81. The highest BCUT2D eigenvalue weighted by atomic mass is 35.5. The molecule has 4 heteroatoms. The van der Waals surface area contributed by atoms with Gasteiger partial charge < -0.3 is 5.11 Å². The van der Waals surface area contributed by atoms with Crippen LogP contribution >= 0.6 is 24.2 Å². The van der Waals surface area contributed by atoms with E-state index >= 15 is 0 Å². The lowest BCUT2D eigenvalue weighted by Gasteiger charge is -2.19. The standard InChI is InChI=1S/C17H21NOS.ClH/c1-3-18(4-2)13-14-8-5-6-11-17(14)20-16-10-7-9-15(19)12-16;/h5-12,19H,3-4,13H2,1-2H3;1H. The highest BCUT2D eigenvalue weighted by Crippen LogP contribution is 2.32. The van der Waals surface area contributed by atoms with E-state index in [0.717, 1.165) is 24.5 Å². The molecule has 0 spiro atoms. The van der Waals surface area contributed by atoms with Gasteiger partial charge in [0.05, 0.1) is 0 Å². The van der Waals surface area contributed by atoms with Gasteiger partial charge in [0.1, 0.15) is 5.75 Å². The second kappa shape index (κ2) is 8.98. The molecular weight excluding hydrogens is 302 g/mol. The lowest BCUT2D eigenvalue weighted by atomic mass is 10.2. The van der Waals surface area contributed by atoms with Gasteiger partial charge in [-0.1, -0.05) is 49.9 Å². The molecule has 0 aliphatic carbocycles. The Morgan fingerprint density at radius 1 is 1.00 bits per heavy atom. The Kier molecular flexibility index (Phi) is 7.65. The molecular formula is C17H22ClNOS. The van der Waals surface area contributed by atoms with Crippen molar-refractivity contribution in [2.24, 2.45) is 0 Å². The maximum Gasteiger partial charge on any atom is 0.116 e. The van der Waals surface area contributed by atoms with E-state index in [-0.39, 0.29) is 12.4 Å². The van der Waals surface area contributed by atoms with Crippen LogP contribution < -0.4 is 0 Å². The molecule has 0 atom stereocenters. The summed E-state index contributed by atoms with van der Waals surface area (Å²) in [5.74, 6) is 0.316. The lowest BCUT2D eigenvalue weighted by molar-refractivity contribution is 0.294. The fourth-order valence-electron chi connectivity index (χ4n) is 2.10. The van der Waals surface area contributed by atoms with Gasteiger partial charge in [0.15, 0.2) is 0 Å². The Morgan fingerprint density at radius 2 is 1.71 bits per heavy atom. The summed E-state index contributed by atoms with van der Waals surface area (Å²) >= 11 is 1.70. The zero-order valence-electron chi connectivity index (χ0n) is 12.5. The van der Waals surface area contributed by atoms with Crippen molar-refractivity contribution in [2.45, 2.75) is 30.2 Å². The fourth-order valence-corrected chi connectivity index (χ4v) is 3.09. The van der Waals surface area contributed by atoms with Gasteiger partial charge in [-0.25, -0.2) is 0 Å². The molecule has 21 heavy (non-hydrogen) atoms. The number of hydrogen-bond donors (Lipinski definition) is 1. The van der Waals surface area contributed by atoms with Crippen LogP contribution in [0.3, 0.4) is 0 Å². The Morgan fingerprint density at radius 3 is 2.38 bits per heavy atom. The van der Waals surface area contributed by atoms with Gasteiger partial charge >= 0.3 is 0 Å². The molecule has 1 N–H and O–H groups in total. The number of phenols is 1. The average Bonchev–Trinajstić information content (AvgIpc) is 2.46. The molecule has 2 rings (SSSR count). The van der Waals surface area contributed by atoms with Crippen LogP contribution in [0, 0.1) is 0 Å².